The fourth-order valence-corrected chi connectivity index (χ4v) is 3.48. The van der Waals surface area contributed by atoms with Crippen molar-refractivity contribution >= 4 is 18.2 Å². The van der Waals surface area contributed by atoms with Gasteiger partial charge in [-0.25, -0.2) is 15.9 Å². The minimum absolute atomic E-state index is 0.0530. The number of benzene rings is 1. The van der Waals surface area contributed by atoms with Gasteiger partial charge in [0.2, 0.25) is 12.3 Å². The molecule has 1 aliphatic rings. The number of nitrogens with zero attached hydrogens (tertiary/aromatic N) is 3. The Labute approximate surface area is 182 Å². The van der Waals surface area contributed by atoms with Crippen LogP contribution < -0.4 is 5.84 Å². The van der Waals surface area contributed by atoms with Crippen molar-refractivity contribution < 1.29 is 29.4 Å². The molecule has 31 heavy (non-hydrogen) atoms. The summed E-state index contributed by atoms with van der Waals surface area (Å²) in [4.78, 5) is 38.5. The molecular weight excluding hydrogens is 404 g/mol. The van der Waals surface area contributed by atoms with Crippen LogP contribution in [-0.2, 0) is 20.9 Å². The number of amides is 3. The number of hydrazine groups is 1. The van der Waals surface area contributed by atoms with Crippen LogP contribution in [-0.4, -0.2) is 76.4 Å². The van der Waals surface area contributed by atoms with Crippen LogP contribution in [0.5, 0.6) is 5.75 Å². The third-order valence-corrected chi connectivity index (χ3v) is 5.31. The molecule has 4 N–H and O–H groups in total. The summed E-state index contributed by atoms with van der Waals surface area (Å²) in [5.74, 6) is 3.70. The van der Waals surface area contributed by atoms with Crippen LogP contribution in [0, 0.1) is 5.92 Å². The Morgan fingerprint density at radius 1 is 1.29 bits per heavy atom. The quantitative estimate of drug-likeness (QED) is 0.117. The van der Waals surface area contributed by atoms with Gasteiger partial charge in [0, 0.05) is 30.8 Å². The van der Waals surface area contributed by atoms with Crippen molar-refractivity contribution in [3.63, 3.8) is 0 Å². The van der Waals surface area contributed by atoms with Crippen molar-refractivity contribution in [2.24, 2.45) is 11.8 Å². The minimum atomic E-state index is -0.805. The van der Waals surface area contributed by atoms with E-state index in [0.29, 0.717) is 61.3 Å². The van der Waals surface area contributed by atoms with Crippen LogP contribution in [0.1, 0.15) is 48.5 Å². The van der Waals surface area contributed by atoms with Gasteiger partial charge in [-0.3, -0.25) is 24.5 Å². The van der Waals surface area contributed by atoms with Gasteiger partial charge in [0.1, 0.15) is 5.75 Å². The predicted molar refractivity (Wildman–Crippen MR) is 112 cm³/mol. The average molecular weight is 437 g/mol. The summed E-state index contributed by atoms with van der Waals surface area (Å²) >= 11 is 0. The van der Waals surface area contributed by atoms with Gasteiger partial charge in [0.15, 0.2) is 0 Å². The van der Waals surface area contributed by atoms with E-state index in [1.165, 1.54) is 18.2 Å². The fourth-order valence-electron chi connectivity index (χ4n) is 3.48. The van der Waals surface area contributed by atoms with Gasteiger partial charge in [-0.05, 0) is 24.6 Å². The van der Waals surface area contributed by atoms with Crippen molar-refractivity contribution in [2.75, 3.05) is 32.8 Å². The fraction of sp³-hybridized carbons (Fsp3) is 0.571. The number of nitrogens with two attached hydrogens (primary N) is 1. The number of hydrogen-bond acceptors (Lipinski definition) is 8. The summed E-state index contributed by atoms with van der Waals surface area (Å²) in [7, 11) is 0. The Bertz CT molecular complexity index is 753. The average Bonchev–Trinajstić information content (AvgIpc) is 2.79. The summed E-state index contributed by atoms with van der Waals surface area (Å²) in [5, 5.41) is 20.6. The number of carbonyl (C=O) groups is 3. The first kappa shape index (κ1) is 24.7. The molecule has 1 aliphatic heterocycles. The lowest BCUT2D eigenvalue weighted by atomic mass is 9.99. The molecule has 0 aliphatic carbocycles. The number of morpholine rings is 1. The van der Waals surface area contributed by atoms with Gasteiger partial charge in [-0.15, -0.1) is 0 Å². The second-order valence-electron chi connectivity index (χ2n) is 7.67. The Morgan fingerprint density at radius 2 is 2.00 bits per heavy atom. The summed E-state index contributed by atoms with van der Waals surface area (Å²) in [6.45, 7) is 4.84. The highest BCUT2D eigenvalue weighted by Gasteiger charge is 2.29. The zero-order valence-electron chi connectivity index (χ0n) is 17.9. The predicted octanol–water partition coefficient (Wildman–Crippen LogP) is 1.11. The summed E-state index contributed by atoms with van der Waals surface area (Å²) in [5.41, 5.74) is 0.719. The maximum Gasteiger partial charge on any atom is 0.274 e. The zero-order chi connectivity index (χ0) is 22.8. The van der Waals surface area contributed by atoms with E-state index in [-0.39, 0.29) is 24.3 Å². The molecule has 0 aromatic heterocycles. The highest BCUT2D eigenvalue weighted by Crippen LogP contribution is 2.22. The molecule has 0 spiro atoms. The lowest BCUT2D eigenvalue weighted by Crippen LogP contribution is -2.48. The van der Waals surface area contributed by atoms with Gasteiger partial charge >= 0.3 is 0 Å². The summed E-state index contributed by atoms with van der Waals surface area (Å²) < 4.78 is 5.32. The molecule has 10 heteroatoms. The Kier molecular flexibility index (Phi) is 9.86. The number of phenols is 1. The number of unbranched alkanes of at least 4 members (excludes halogenated alkanes) is 2. The number of ether oxygens (including phenoxy) is 1. The molecule has 0 radical (unpaired) electrons. The van der Waals surface area contributed by atoms with Gasteiger partial charge in [-0.2, -0.15) is 0 Å². The van der Waals surface area contributed by atoms with Crippen molar-refractivity contribution in [1.82, 2.24) is 15.0 Å². The van der Waals surface area contributed by atoms with Crippen LogP contribution in [0.4, 0.5) is 0 Å². The number of rotatable bonds is 11. The van der Waals surface area contributed by atoms with Crippen molar-refractivity contribution in [2.45, 2.75) is 39.2 Å². The lowest BCUT2D eigenvalue weighted by Gasteiger charge is -2.27. The topological polar surface area (TPSA) is 137 Å². The third-order valence-electron chi connectivity index (χ3n) is 5.31. The van der Waals surface area contributed by atoms with Crippen LogP contribution in [0.3, 0.4) is 0 Å². The van der Waals surface area contributed by atoms with Crippen LogP contribution >= 0.6 is 0 Å². The second kappa shape index (κ2) is 12.4. The van der Waals surface area contributed by atoms with Gasteiger partial charge in [-0.1, -0.05) is 26.2 Å². The Hall–Kier alpha value is -2.53. The molecule has 1 saturated heterocycles. The highest BCUT2D eigenvalue weighted by atomic mass is 16.5. The SMILES string of the molecule is CCCCC[C@H](CN(O)C=O)C(=O)N(N)C(=O)c1ccc(O)c(CN2CCOCC2)c1. The second-order valence-corrected chi connectivity index (χ2v) is 7.67. The number of imide groups is 1. The zero-order valence-corrected chi connectivity index (χ0v) is 17.9. The molecule has 1 fully saturated rings. The molecule has 1 heterocycles. The molecule has 172 valence electrons. The van der Waals surface area contributed by atoms with E-state index in [2.05, 4.69) is 4.90 Å². The Balaban J connectivity index is 2.12. The third kappa shape index (κ3) is 7.28. The molecule has 3 amide bonds. The molecule has 1 aromatic rings. The number of phenolic OH excluding ortho intramolecular Hbond substituents is 1. The first-order chi connectivity index (χ1) is 14.9. The van der Waals surface area contributed by atoms with E-state index in [0.717, 1.165) is 12.8 Å². The van der Waals surface area contributed by atoms with Crippen LogP contribution in [0.2, 0.25) is 0 Å². The number of hydrogen-bond donors (Lipinski definition) is 3. The van der Waals surface area contributed by atoms with Crippen molar-refractivity contribution in [3.05, 3.63) is 29.3 Å². The molecule has 1 atom stereocenters. The van der Waals surface area contributed by atoms with Gasteiger partial charge < -0.3 is 9.84 Å². The monoisotopic (exact) mass is 436 g/mol. The smallest absolute Gasteiger partial charge is 0.274 e. The van der Waals surface area contributed by atoms with Gasteiger partial charge in [0.05, 0.1) is 25.7 Å². The van der Waals surface area contributed by atoms with E-state index in [1.54, 1.807) is 0 Å². The van der Waals surface area contributed by atoms with Crippen LogP contribution in [0.15, 0.2) is 18.2 Å². The maximum atomic E-state index is 12.9. The van der Waals surface area contributed by atoms with Crippen molar-refractivity contribution in [1.29, 1.82) is 0 Å². The Morgan fingerprint density at radius 3 is 2.65 bits per heavy atom. The standard InChI is InChI=1S/C21H32N4O6/c1-2-3-4-5-17(14-24(30)15-26)21(29)25(22)20(28)16-6-7-19(27)18(12-16)13-23-8-10-31-11-9-23/h6-7,12,15,17,27,30H,2-5,8-11,13-14,22H2,1H3/t17-/m1/s1. The highest BCUT2D eigenvalue weighted by molar-refractivity contribution is 6.04. The molecule has 2 rings (SSSR count). The molecule has 0 saturated carbocycles. The molecule has 10 nitrogen and oxygen atoms in total. The maximum absolute atomic E-state index is 12.9. The van der Waals surface area contributed by atoms with E-state index >= 15 is 0 Å². The lowest BCUT2D eigenvalue weighted by molar-refractivity contribution is -0.156. The molecular formula is C21H32N4O6. The summed E-state index contributed by atoms with van der Waals surface area (Å²) in [6, 6.07) is 4.33. The normalized spacial score (nSPS) is 15.3. The number of hydroxylamine groups is 2. The minimum Gasteiger partial charge on any atom is -0.508 e. The van der Waals surface area contributed by atoms with E-state index in [4.69, 9.17) is 10.6 Å². The summed E-state index contributed by atoms with van der Waals surface area (Å²) in [6.07, 6.45) is 3.10. The van der Waals surface area contributed by atoms with Crippen LogP contribution in [0.25, 0.3) is 0 Å². The number of aromatic hydroxyl groups is 1. The first-order valence-corrected chi connectivity index (χ1v) is 10.5. The van der Waals surface area contributed by atoms with Gasteiger partial charge in [0.25, 0.3) is 5.91 Å². The van der Waals surface area contributed by atoms with E-state index in [9.17, 15) is 24.7 Å². The van der Waals surface area contributed by atoms with E-state index in [1.807, 2.05) is 6.92 Å². The molecule has 0 bridgehead atoms. The molecule has 1 aromatic carbocycles. The molecule has 0 unspecified atom stereocenters. The van der Waals surface area contributed by atoms with Crippen molar-refractivity contribution in [3.8, 4) is 5.75 Å². The number of carbonyl (C=O) groups excluding carboxylic acids is 3. The van der Waals surface area contributed by atoms with E-state index < -0.39 is 17.7 Å². The largest absolute Gasteiger partial charge is 0.508 e. The first-order valence-electron chi connectivity index (χ1n) is 10.5.